The van der Waals surface area contributed by atoms with Crippen LogP contribution in [-0.2, 0) is 0 Å². The zero-order chi connectivity index (χ0) is 13.2. The van der Waals surface area contributed by atoms with Gasteiger partial charge in [-0.2, -0.15) is 0 Å². The van der Waals surface area contributed by atoms with Crippen molar-refractivity contribution in [2.24, 2.45) is 17.1 Å². The summed E-state index contributed by atoms with van der Waals surface area (Å²) in [4.78, 5) is 0. The Balaban J connectivity index is 2.18. The molecule has 2 aliphatic carbocycles. The number of halogens is 1. The molecule has 18 heavy (non-hydrogen) atoms. The summed E-state index contributed by atoms with van der Waals surface area (Å²) in [5.41, 5.74) is 6.41. The Kier molecular flexibility index (Phi) is 4.23. The van der Waals surface area contributed by atoms with Gasteiger partial charge in [0.05, 0.1) is 6.10 Å². The van der Waals surface area contributed by atoms with E-state index in [2.05, 4.69) is 6.92 Å². The van der Waals surface area contributed by atoms with E-state index in [1.807, 2.05) is 6.08 Å². The van der Waals surface area contributed by atoms with Gasteiger partial charge in [-0.3, -0.25) is 0 Å². The predicted octanol–water partition coefficient (Wildman–Crippen LogP) is 3.07. The van der Waals surface area contributed by atoms with E-state index in [9.17, 15) is 9.50 Å². The topological polar surface area (TPSA) is 46.2 Å². The van der Waals surface area contributed by atoms with Crippen molar-refractivity contribution >= 4 is 0 Å². The summed E-state index contributed by atoms with van der Waals surface area (Å²) >= 11 is 0. The van der Waals surface area contributed by atoms with Gasteiger partial charge in [0.25, 0.3) is 0 Å². The molecule has 0 spiro atoms. The number of nitrogens with two attached hydrogens (primary N) is 1. The standard InChI is InChI=1S/C15H24FNO/c1-2-14(17)15(9-7-13(18)8-10-15)11-3-5-12(16)6-4-11/h3,5-6,11,13-14,18H,2,4,7-10,17H2,1H3. The van der Waals surface area contributed by atoms with E-state index >= 15 is 0 Å². The van der Waals surface area contributed by atoms with Crippen molar-refractivity contribution in [1.29, 1.82) is 0 Å². The van der Waals surface area contributed by atoms with Gasteiger partial charge in [-0.05, 0) is 62.0 Å². The first-order chi connectivity index (χ1) is 8.58. The number of aliphatic hydroxyl groups is 1. The summed E-state index contributed by atoms with van der Waals surface area (Å²) in [5.74, 6) is 0.182. The maximum absolute atomic E-state index is 13.1. The lowest BCUT2D eigenvalue weighted by Gasteiger charge is -2.48. The van der Waals surface area contributed by atoms with E-state index < -0.39 is 0 Å². The van der Waals surface area contributed by atoms with Gasteiger partial charge >= 0.3 is 0 Å². The monoisotopic (exact) mass is 253 g/mol. The summed E-state index contributed by atoms with van der Waals surface area (Å²) in [6, 6.07) is 0.134. The molecule has 1 fully saturated rings. The average molecular weight is 253 g/mol. The number of allylic oxidation sites excluding steroid dienone is 4. The van der Waals surface area contributed by atoms with E-state index in [0.29, 0.717) is 5.92 Å². The van der Waals surface area contributed by atoms with Crippen LogP contribution >= 0.6 is 0 Å². The van der Waals surface area contributed by atoms with Crippen LogP contribution in [0.15, 0.2) is 24.1 Å². The lowest BCUT2D eigenvalue weighted by atomic mass is 9.59. The maximum Gasteiger partial charge on any atom is 0.118 e. The number of hydrogen-bond donors (Lipinski definition) is 2. The Hall–Kier alpha value is -0.670. The highest BCUT2D eigenvalue weighted by Gasteiger charge is 2.44. The lowest BCUT2D eigenvalue weighted by molar-refractivity contribution is 0.0188. The summed E-state index contributed by atoms with van der Waals surface area (Å²) in [6.45, 7) is 2.11. The molecule has 2 atom stereocenters. The normalized spacial score (nSPS) is 38.3. The van der Waals surface area contributed by atoms with Gasteiger partial charge < -0.3 is 10.8 Å². The molecule has 0 aromatic carbocycles. The van der Waals surface area contributed by atoms with Crippen molar-refractivity contribution in [3.63, 3.8) is 0 Å². The molecule has 102 valence electrons. The Bertz CT molecular complexity index is 342. The molecule has 2 nitrogen and oxygen atoms in total. The van der Waals surface area contributed by atoms with Crippen LogP contribution in [0, 0.1) is 11.3 Å². The molecule has 0 bridgehead atoms. The van der Waals surface area contributed by atoms with E-state index in [-0.39, 0.29) is 23.4 Å². The van der Waals surface area contributed by atoms with Crippen LogP contribution in [0.2, 0.25) is 0 Å². The Morgan fingerprint density at radius 2 is 2.17 bits per heavy atom. The van der Waals surface area contributed by atoms with Gasteiger partial charge in [-0.25, -0.2) is 4.39 Å². The molecule has 0 aliphatic heterocycles. The molecule has 0 aromatic heterocycles. The third-order valence-corrected chi connectivity index (χ3v) is 4.86. The summed E-state index contributed by atoms with van der Waals surface area (Å²) in [5, 5.41) is 9.71. The van der Waals surface area contributed by atoms with Crippen LogP contribution in [0.25, 0.3) is 0 Å². The fraction of sp³-hybridized carbons (Fsp3) is 0.733. The van der Waals surface area contributed by atoms with Gasteiger partial charge in [-0.1, -0.05) is 13.0 Å². The largest absolute Gasteiger partial charge is 0.393 e. The van der Waals surface area contributed by atoms with Gasteiger partial charge in [0.15, 0.2) is 0 Å². The summed E-state index contributed by atoms with van der Waals surface area (Å²) < 4.78 is 13.1. The van der Waals surface area contributed by atoms with Crippen LogP contribution in [0.1, 0.15) is 45.4 Å². The molecule has 1 saturated carbocycles. The van der Waals surface area contributed by atoms with Crippen LogP contribution in [0.5, 0.6) is 0 Å². The van der Waals surface area contributed by atoms with E-state index in [1.54, 1.807) is 12.2 Å². The van der Waals surface area contributed by atoms with Crippen molar-refractivity contribution in [3.8, 4) is 0 Å². The number of hydrogen-bond acceptors (Lipinski definition) is 2. The van der Waals surface area contributed by atoms with Gasteiger partial charge in [-0.15, -0.1) is 0 Å². The first-order valence-corrected chi connectivity index (χ1v) is 7.06. The molecule has 2 aliphatic rings. The second-order valence-electron chi connectivity index (χ2n) is 5.77. The Morgan fingerprint density at radius 1 is 1.50 bits per heavy atom. The minimum absolute atomic E-state index is 0.0433. The summed E-state index contributed by atoms with van der Waals surface area (Å²) in [6.07, 6.45) is 10.3. The smallest absolute Gasteiger partial charge is 0.118 e. The molecule has 3 heteroatoms. The van der Waals surface area contributed by atoms with Crippen LogP contribution in [0.3, 0.4) is 0 Å². The second-order valence-corrected chi connectivity index (χ2v) is 5.77. The molecule has 0 amide bonds. The SMILES string of the molecule is CCC(N)C1(C2C=CC(F)=CC2)CCC(O)CC1. The van der Waals surface area contributed by atoms with Crippen LogP contribution in [-0.4, -0.2) is 17.3 Å². The fourth-order valence-electron chi connectivity index (χ4n) is 3.58. The molecular formula is C15H24FNO. The van der Waals surface area contributed by atoms with Crippen LogP contribution < -0.4 is 5.73 Å². The highest BCUT2D eigenvalue weighted by Crippen LogP contribution is 2.48. The van der Waals surface area contributed by atoms with E-state index in [0.717, 1.165) is 38.5 Å². The van der Waals surface area contributed by atoms with Crippen molar-refractivity contribution in [1.82, 2.24) is 0 Å². The molecule has 0 saturated heterocycles. The first-order valence-electron chi connectivity index (χ1n) is 7.06. The third kappa shape index (κ3) is 2.52. The summed E-state index contributed by atoms with van der Waals surface area (Å²) in [7, 11) is 0. The third-order valence-electron chi connectivity index (χ3n) is 4.86. The van der Waals surface area contributed by atoms with Crippen LogP contribution in [0.4, 0.5) is 4.39 Å². The molecule has 0 aromatic rings. The van der Waals surface area contributed by atoms with Gasteiger partial charge in [0.2, 0.25) is 0 Å². The predicted molar refractivity (Wildman–Crippen MR) is 71.6 cm³/mol. The molecule has 3 N–H and O–H groups in total. The van der Waals surface area contributed by atoms with E-state index in [1.165, 1.54) is 0 Å². The average Bonchev–Trinajstić information content (AvgIpc) is 2.40. The molecule has 0 heterocycles. The van der Waals surface area contributed by atoms with Crippen molar-refractivity contribution in [2.45, 2.75) is 57.6 Å². The fourth-order valence-corrected chi connectivity index (χ4v) is 3.58. The first kappa shape index (κ1) is 13.8. The quantitative estimate of drug-likeness (QED) is 0.812. The van der Waals surface area contributed by atoms with Gasteiger partial charge in [0, 0.05) is 6.04 Å². The minimum Gasteiger partial charge on any atom is -0.393 e. The highest BCUT2D eigenvalue weighted by atomic mass is 19.1. The minimum atomic E-state index is -0.179. The molecule has 2 unspecified atom stereocenters. The Morgan fingerprint density at radius 3 is 2.67 bits per heavy atom. The van der Waals surface area contributed by atoms with Crippen molar-refractivity contribution < 1.29 is 9.50 Å². The molecular weight excluding hydrogens is 229 g/mol. The van der Waals surface area contributed by atoms with E-state index in [4.69, 9.17) is 5.73 Å². The zero-order valence-electron chi connectivity index (χ0n) is 11.1. The van der Waals surface area contributed by atoms with Crippen molar-refractivity contribution in [3.05, 3.63) is 24.1 Å². The highest BCUT2D eigenvalue weighted by molar-refractivity contribution is 5.20. The zero-order valence-corrected chi connectivity index (χ0v) is 11.1. The van der Waals surface area contributed by atoms with Gasteiger partial charge in [0.1, 0.15) is 5.83 Å². The molecule has 2 rings (SSSR count). The molecule has 0 radical (unpaired) electrons. The Labute approximate surface area is 109 Å². The lowest BCUT2D eigenvalue weighted by Crippen LogP contribution is -2.49. The number of aliphatic hydroxyl groups excluding tert-OH is 1. The number of rotatable bonds is 3. The maximum atomic E-state index is 13.1. The van der Waals surface area contributed by atoms with Crippen molar-refractivity contribution in [2.75, 3.05) is 0 Å². The second kappa shape index (κ2) is 5.54.